The van der Waals surface area contributed by atoms with Gasteiger partial charge in [0.2, 0.25) is 0 Å². The summed E-state index contributed by atoms with van der Waals surface area (Å²) in [5.74, 6) is 0. The first-order chi connectivity index (χ1) is 16.3. The smallest absolute Gasteiger partial charge is 0.156 e. The van der Waals surface area contributed by atoms with Crippen LogP contribution in [0.5, 0.6) is 0 Å². The molecule has 1 heterocycles. The second-order valence-electron chi connectivity index (χ2n) is 8.58. The zero-order valence-electron chi connectivity index (χ0n) is 20.8. The zero-order valence-corrected chi connectivity index (χ0v) is 20.8. The van der Waals surface area contributed by atoms with Gasteiger partial charge >= 0.3 is 0 Å². The number of imidazole rings is 1. The third kappa shape index (κ3) is 12.3. The molecule has 0 amide bonds. The molecule has 3 aromatic rings. The van der Waals surface area contributed by atoms with Gasteiger partial charge in [-0.15, -0.1) is 0 Å². The van der Waals surface area contributed by atoms with Gasteiger partial charge in [0.1, 0.15) is 0 Å². The van der Waals surface area contributed by atoms with Gasteiger partial charge in [0.05, 0.1) is 6.33 Å². The Balaban J connectivity index is 0.000000238. The van der Waals surface area contributed by atoms with Crippen molar-refractivity contribution in [1.82, 2.24) is 9.55 Å². The van der Waals surface area contributed by atoms with Crippen molar-refractivity contribution in [3.63, 3.8) is 0 Å². The lowest BCUT2D eigenvalue weighted by molar-refractivity contribution is 0.543. The van der Waals surface area contributed by atoms with Crippen LogP contribution in [0.3, 0.4) is 0 Å². The van der Waals surface area contributed by atoms with Crippen LogP contribution in [0.4, 0.5) is 0 Å². The van der Waals surface area contributed by atoms with Gasteiger partial charge in [-0.05, 0) is 18.4 Å². The minimum absolute atomic E-state index is 0.978. The third-order valence-corrected chi connectivity index (χ3v) is 5.85. The minimum Gasteiger partial charge on any atom is -0.337 e. The van der Waals surface area contributed by atoms with E-state index < -0.39 is 0 Å². The molecule has 1 aromatic heterocycles. The molecule has 3 heteroatoms. The Hall–Kier alpha value is -2.55. The van der Waals surface area contributed by atoms with Gasteiger partial charge in [0.15, 0.2) is 7.28 Å². The van der Waals surface area contributed by atoms with Gasteiger partial charge in [-0.3, -0.25) is 0 Å². The van der Waals surface area contributed by atoms with Crippen LogP contribution < -0.4 is 5.46 Å². The van der Waals surface area contributed by atoms with Crippen LogP contribution in [0.2, 0.25) is 6.32 Å². The molecule has 0 fully saturated rings. The van der Waals surface area contributed by atoms with Crippen molar-refractivity contribution in [2.45, 2.75) is 84.5 Å². The third-order valence-electron chi connectivity index (χ3n) is 5.85. The Labute approximate surface area is 203 Å². The summed E-state index contributed by atoms with van der Waals surface area (Å²) in [5, 5.41) is 0. The molecule has 0 atom stereocenters. The van der Waals surface area contributed by atoms with Crippen LogP contribution in [0.15, 0.2) is 79.4 Å². The maximum atomic E-state index is 4.03. The molecule has 1 radical (unpaired) electrons. The summed E-state index contributed by atoms with van der Waals surface area (Å²) < 4.78 is 2.16. The fourth-order valence-corrected chi connectivity index (χ4v) is 3.87. The zero-order chi connectivity index (χ0) is 23.4. The molecule has 0 saturated heterocycles. The van der Waals surface area contributed by atoms with Crippen LogP contribution in [-0.2, 0) is 13.0 Å². The van der Waals surface area contributed by atoms with Crippen molar-refractivity contribution in [3.05, 3.63) is 90.5 Å². The van der Waals surface area contributed by atoms with Crippen LogP contribution in [0.25, 0.3) is 6.08 Å². The summed E-state index contributed by atoms with van der Waals surface area (Å²) in [5.41, 5.74) is 4.04. The molecule has 175 valence electrons. The van der Waals surface area contributed by atoms with E-state index in [1.54, 1.807) is 0 Å². The lowest BCUT2D eigenvalue weighted by atomic mass is 9.65. The Kier molecular flexibility index (Phi) is 14.5. The predicted molar refractivity (Wildman–Crippen MR) is 146 cm³/mol. The Morgan fingerprint density at radius 3 is 2.21 bits per heavy atom. The Morgan fingerprint density at radius 1 is 0.818 bits per heavy atom. The number of rotatable bonds is 14. The number of aromatic nitrogens is 2. The normalized spacial score (nSPS) is 10.7. The number of hydrogen-bond donors (Lipinski definition) is 0. The van der Waals surface area contributed by atoms with Crippen molar-refractivity contribution in [2.75, 3.05) is 0 Å². The molecule has 0 N–H and O–H groups in total. The van der Waals surface area contributed by atoms with Crippen molar-refractivity contribution in [3.8, 4) is 0 Å². The van der Waals surface area contributed by atoms with Gasteiger partial charge < -0.3 is 4.57 Å². The summed E-state index contributed by atoms with van der Waals surface area (Å²) in [4.78, 5) is 4.03. The number of allylic oxidation sites excluding steroid dienone is 1. The predicted octanol–water partition coefficient (Wildman–Crippen LogP) is 7.73. The van der Waals surface area contributed by atoms with Crippen LogP contribution in [0, 0.1) is 0 Å². The second kappa shape index (κ2) is 17.9. The van der Waals surface area contributed by atoms with E-state index in [9.17, 15) is 0 Å². The van der Waals surface area contributed by atoms with E-state index in [4.69, 9.17) is 0 Å². The molecule has 0 unspecified atom stereocenters. The van der Waals surface area contributed by atoms with Crippen LogP contribution in [-0.4, -0.2) is 16.8 Å². The van der Waals surface area contributed by atoms with Crippen molar-refractivity contribution in [1.29, 1.82) is 0 Å². The molecule has 2 aromatic carbocycles. The Bertz CT molecular complexity index is 856. The maximum Gasteiger partial charge on any atom is 0.156 e. The van der Waals surface area contributed by atoms with Gasteiger partial charge in [0.25, 0.3) is 0 Å². The molecule has 2 nitrogen and oxygen atoms in total. The first-order valence-corrected chi connectivity index (χ1v) is 12.9. The molecule has 0 bridgehead atoms. The summed E-state index contributed by atoms with van der Waals surface area (Å²) >= 11 is 0. The highest BCUT2D eigenvalue weighted by molar-refractivity contribution is 6.54. The fraction of sp³-hybridized carbons (Fsp3) is 0.433. The van der Waals surface area contributed by atoms with E-state index in [1.807, 2.05) is 24.8 Å². The molecule has 0 aliphatic rings. The highest BCUT2D eigenvalue weighted by Gasteiger charge is 1.99. The lowest BCUT2D eigenvalue weighted by Crippen LogP contribution is -2.17. The van der Waals surface area contributed by atoms with Crippen molar-refractivity contribution < 1.29 is 0 Å². The fourth-order valence-electron chi connectivity index (χ4n) is 3.87. The molecule has 0 aliphatic heterocycles. The van der Waals surface area contributed by atoms with E-state index in [0.29, 0.717) is 0 Å². The average molecular weight is 441 g/mol. The van der Waals surface area contributed by atoms with Gasteiger partial charge in [0, 0.05) is 18.9 Å². The van der Waals surface area contributed by atoms with E-state index in [2.05, 4.69) is 91.4 Å². The van der Waals surface area contributed by atoms with E-state index >= 15 is 0 Å². The first kappa shape index (κ1) is 26.7. The summed E-state index contributed by atoms with van der Waals surface area (Å²) in [6.45, 7) is 5.60. The van der Waals surface area contributed by atoms with Gasteiger partial charge in [-0.1, -0.05) is 143 Å². The average Bonchev–Trinajstić information content (AvgIpc) is 3.38. The number of benzene rings is 2. The molecule has 0 saturated carbocycles. The molecule has 0 spiro atoms. The number of nitrogens with zero attached hydrogens (tertiary/aromatic N) is 2. The summed E-state index contributed by atoms with van der Waals surface area (Å²) in [7, 11) is 2.29. The largest absolute Gasteiger partial charge is 0.337 e. The molecule has 3 rings (SSSR count). The van der Waals surface area contributed by atoms with Crippen LogP contribution in [0.1, 0.15) is 76.3 Å². The molecule has 0 aliphatic carbocycles. The highest BCUT2D eigenvalue weighted by atomic mass is 15.0. The van der Waals surface area contributed by atoms with E-state index in [1.165, 1.54) is 68.0 Å². The topological polar surface area (TPSA) is 17.8 Å². The van der Waals surface area contributed by atoms with E-state index in [0.717, 1.165) is 19.3 Å². The SMILES string of the molecule is CCCCCCCCCCn1ccnc1.CCc1ccccc1[B]CC=Cc1ccccc1. The van der Waals surface area contributed by atoms with Gasteiger partial charge in [-0.2, -0.15) is 0 Å². The Morgan fingerprint density at radius 2 is 1.52 bits per heavy atom. The highest BCUT2D eigenvalue weighted by Crippen LogP contribution is 2.09. The second-order valence-corrected chi connectivity index (χ2v) is 8.58. The quantitative estimate of drug-likeness (QED) is 0.185. The lowest BCUT2D eigenvalue weighted by Gasteiger charge is -2.04. The van der Waals surface area contributed by atoms with Gasteiger partial charge in [-0.25, -0.2) is 4.98 Å². The standard InChI is InChI=1S/C17H18B.C13H24N2/c1-2-16-12-6-7-13-17(16)18-14-8-11-15-9-4-3-5-10-15;1-2-3-4-5-6-7-8-9-11-15-12-10-14-13-15/h3-13H,2,14H2,1H3;10,12-13H,2-9,11H2,1H3. The molecule has 33 heavy (non-hydrogen) atoms. The number of hydrogen-bond acceptors (Lipinski definition) is 1. The van der Waals surface area contributed by atoms with Crippen molar-refractivity contribution >= 4 is 18.8 Å². The monoisotopic (exact) mass is 441 g/mol. The minimum atomic E-state index is 0.978. The van der Waals surface area contributed by atoms with Crippen LogP contribution >= 0.6 is 0 Å². The summed E-state index contributed by atoms with van der Waals surface area (Å²) in [6, 6.07) is 19.0. The number of aryl methyl sites for hydroxylation is 2. The first-order valence-electron chi connectivity index (χ1n) is 12.9. The molecular weight excluding hydrogens is 399 g/mol. The maximum absolute atomic E-state index is 4.03. The summed E-state index contributed by atoms with van der Waals surface area (Å²) in [6.07, 6.45) is 23.4. The van der Waals surface area contributed by atoms with E-state index in [-0.39, 0.29) is 0 Å². The molecular formula is C30H42BN2. The van der Waals surface area contributed by atoms with Crippen molar-refractivity contribution in [2.24, 2.45) is 0 Å². The number of unbranched alkanes of at least 4 members (excludes halogenated alkanes) is 7.